The summed E-state index contributed by atoms with van der Waals surface area (Å²) in [6, 6.07) is 9.25. The number of methoxy groups -OCH3 is 1. The lowest BCUT2D eigenvalue weighted by Crippen LogP contribution is -2.28. The van der Waals surface area contributed by atoms with E-state index in [1.54, 1.807) is 7.11 Å². The Kier molecular flexibility index (Phi) is 7.57. The summed E-state index contributed by atoms with van der Waals surface area (Å²) in [4.78, 5) is 0. The van der Waals surface area contributed by atoms with Gasteiger partial charge < -0.3 is 10.1 Å². The summed E-state index contributed by atoms with van der Waals surface area (Å²) in [5.41, 5.74) is 1.29. The normalized spacial score (nSPS) is 14.1. The highest BCUT2D eigenvalue weighted by atomic mass is 16.5. The van der Waals surface area contributed by atoms with Gasteiger partial charge in [-0.15, -0.1) is 0 Å². The average molecular weight is 263 g/mol. The Hall–Kier alpha value is -1.02. The average Bonchev–Trinajstić information content (AvgIpc) is 2.43. The number of nitrogens with one attached hydrogen (secondary N) is 1. The van der Waals surface area contributed by atoms with Crippen molar-refractivity contribution in [2.45, 2.75) is 65.0 Å². The molecule has 0 aliphatic rings. The van der Waals surface area contributed by atoms with Crippen LogP contribution in [-0.4, -0.2) is 13.2 Å². The number of hydrogen-bond acceptors (Lipinski definition) is 2. The van der Waals surface area contributed by atoms with Gasteiger partial charge in [0.05, 0.1) is 7.11 Å². The van der Waals surface area contributed by atoms with Gasteiger partial charge in [0.25, 0.3) is 0 Å². The van der Waals surface area contributed by atoms with Crippen LogP contribution in [-0.2, 0) is 0 Å². The minimum atomic E-state index is 0.372. The van der Waals surface area contributed by atoms with Gasteiger partial charge in [0, 0.05) is 12.1 Å². The van der Waals surface area contributed by atoms with Gasteiger partial charge in [-0.05, 0) is 38.0 Å². The van der Waals surface area contributed by atoms with Crippen molar-refractivity contribution in [1.82, 2.24) is 5.32 Å². The number of unbranched alkanes of at least 4 members (excludes halogenated alkanes) is 3. The van der Waals surface area contributed by atoms with Gasteiger partial charge >= 0.3 is 0 Å². The highest BCUT2D eigenvalue weighted by Gasteiger charge is 2.09. The summed E-state index contributed by atoms with van der Waals surface area (Å²) in [7, 11) is 1.72. The zero-order valence-electron chi connectivity index (χ0n) is 12.9. The van der Waals surface area contributed by atoms with Crippen molar-refractivity contribution in [2.75, 3.05) is 7.11 Å². The first-order valence-electron chi connectivity index (χ1n) is 7.57. The Balaban J connectivity index is 2.38. The summed E-state index contributed by atoms with van der Waals surface area (Å²) in [6.45, 7) is 6.76. The molecule has 0 saturated heterocycles. The maximum absolute atomic E-state index is 5.27. The van der Waals surface area contributed by atoms with Crippen LogP contribution >= 0.6 is 0 Å². The molecule has 0 aromatic heterocycles. The van der Waals surface area contributed by atoms with Crippen LogP contribution in [0.5, 0.6) is 5.75 Å². The Morgan fingerprint density at radius 1 is 1.16 bits per heavy atom. The fourth-order valence-corrected chi connectivity index (χ4v) is 2.39. The van der Waals surface area contributed by atoms with Crippen LogP contribution in [0.2, 0.25) is 0 Å². The van der Waals surface area contributed by atoms with Crippen LogP contribution in [0.3, 0.4) is 0 Å². The van der Waals surface area contributed by atoms with Crippen LogP contribution in [0.4, 0.5) is 0 Å². The second-order valence-electron chi connectivity index (χ2n) is 5.42. The molecule has 1 unspecified atom stereocenters. The smallest absolute Gasteiger partial charge is 0.119 e. The van der Waals surface area contributed by atoms with Crippen molar-refractivity contribution in [3.8, 4) is 5.75 Å². The van der Waals surface area contributed by atoms with Crippen molar-refractivity contribution in [2.24, 2.45) is 0 Å². The highest BCUT2D eigenvalue weighted by Crippen LogP contribution is 2.19. The van der Waals surface area contributed by atoms with E-state index in [1.807, 2.05) is 6.07 Å². The summed E-state index contributed by atoms with van der Waals surface area (Å²) >= 11 is 0. The third-order valence-corrected chi connectivity index (χ3v) is 3.62. The van der Waals surface area contributed by atoms with Crippen LogP contribution in [0.1, 0.15) is 64.5 Å². The number of rotatable bonds is 9. The molecule has 1 rings (SSSR count). The summed E-state index contributed by atoms with van der Waals surface area (Å²) in [5, 5.41) is 3.67. The Labute approximate surface area is 118 Å². The van der Waals surface area contributed by atoms with Crippen molar-refractivity contribution in [3.05, 3.63) is 29.8 Å². The Morgan fingerprint density at radius 3 is 2.63 bits per heavy atom. The summed E-state index contributed by atoms with van der Waals surface area (Å²) in [6.07, 6.45) is 6.61. The molecule has 0 spiro atoms. The molecule has 0 aliphatic carbocycles. The highest BCUT2D eigenvalue weighted by molar-refractivity contribution is 5.30. The molecule has 2 heteroatoms. The summed E-state index contributed by atoms with van der Waals surface area (Å²) in [5.74, 6) is 0.932. The lowest BCUT2D eigenvalue weighted by molar-refractivity contribution is 0.410. The predicted molar refractivity (Wildman–Crippen MR) is 82.8 cm³/mol. The first-order chi connectivity index (χ1) is 9.17. The maximum Gasteiger partial charge on any atom is 0.119 e. The van der Waals surface area contributed by atoms with E-state index in [2.05, 4.69) is 44.3 Å². The molecule has 0 saturated carbocycles. The van der Waals surface area contributed by atoms with Crippen LogP contribution in [0, 0.1) is 0 Å². The Bertz CT molecular complexity index is 351. The molecule has 0 fully saturated rings. The molecular weight excluding hydrogens is 234 g/mol. The second-order valence-corrected chi connectivity index (χ2v) is 5.42. The lowest BCUT2D eigenvalue weighted by atomic mass is 10.0. The standard InChI is InChI=1S/C17H29NO/c1-5-6-7-8-10-14(2)18-15(3)16-11-9-12-17(13-16)19-4/h9,11-15,18H,5-8,10H2,1-4H3/t14?,15-/m0/s1. The zero-order valence-corrected chi connectivity index (χ0v) is 12.9. The topological polar surface area (TPSA) is 21.3 Å². The van der Waals surface area contributed by atoms with Gasteiger partial charge in [-0.25, -0.2) is 0 Å². The van der Waals surface area contributed by atoms with E-state index in [0.29, 0.717) is 12.1 Å². The minimum Gasteiger partial charge on any atom is -0.497 e. The summed E-state index contributed by atoms with van der Waals surface area (Å²) < 4.78 is 5.27. The zero-order chi connectivity index (χ0) is 14.1. The first kappa shape index (κ1) is 16.0. The first-order valence-corrected chi connectivity index (χ1v) is 7.57. The molecule has 108 valence electrons. The van der Waals surface area contributed by atoms with E-state index in [-0.39, 0.29) is 0 Å². The molecule has 0 bridgehead atoms. The van der Waals surface area contributed by atoms with E-state index in [9.17, 15) is 0 Å². The van der Waals surface area contributed by atoms with Crippen molar-refractivity contribution >= 4 is 0 Å². The van der Waals surface area contributed by atoms with E-state index in [1.165, 1.54) is 37.7 Å². The largest absolute Gasteiger partial charge is 0.497 e. The van der Waals surface area contributed by atoms with Crippen molar-refractivity contribution < 1.29 is 4.74 Å². The van der Waals surface area contributed by atoms with Crippen LogP contribution in [0.15, 0.2) is 24.3 Å². The van der Waals surface area contributed by atoms with E-state index >= 15 is 0 Å². The van der Waals surface area contributed by atoms with Crippen molar-refractivity contribution in [1.29, 1.82) is 0 Å². The molecule has 1 aromatic rings. The van der Waals surface area contributed by atoms with Gasteiger partial charge in [-0.1, -0.05) is 44.7 Å². The van der Waals surface area contributed by atoms with Gasteiger partial charge in [-0.2, -0.15) is 0 Å². The van der Waals surface area contributed by atoms with E-state index in [0.717, 1.165) is 5.75 Å². The van der Waals surface area contributed by atoms with Gasteiger partial charge in [-0.3, -0.25) is 0 Å². The molecule has 0 amide bonds. The third-order valence-electron chi connectivity index (χ3n) is 3.62. The van der Waals surface area contributed by atoms with Gasteiger partial charge in [0.15, 0.2) is 0 Å². The molecule has 0 radical (unpaired) electrons. The minimum absolute atomic E-state index is 0.372. The molecule has 1 aromatic carbocycles. The fourth-order valence-electron chi connectivity index (χ4n) is 2.39. The second kappa shape index (κ2) is 8.98. The molecule has 19 heavy (non-hydrogen) atoms. The van der Waals surface area contributed by atoms with Crippen molar-refractivity contribution in [3.63, 3.8) is 0 Å². The molecule has 2 atom stereocenters. The van der Waals surface area contributed by atoms with E-state index < -0.39 is 0 Å². The monoisotopic (exact) mass is 263 g/mol. The quantitative estimate of drug-likeness (QED) is 0.652. The fraction of sp³-hybridized carbons (Fsp3) is 0.647. The number of benzene rings is 1. The molecule has 2 nitrogen and oxygen atoms in total. The molecule has 0 aliphatic heterocycles. The SMILES string of the molecule is CCCCCCC(C)N[C@@H](C)c1cccc(OC)c1. The number of ether oxygens (including phenoxy) is 1. The van der Waals surface area contributed by atoms with E-state index in [4.69, 9.17) is 4.74 Å². The molecule has 0 heterocycles. The van der Waals surface area contributed by atoms with Gasteiger partial charge in [0.1, 0.15) is 5.75 Å². The van der Waals surface area contributed by atoms with Crippen LogP contribution < -0.4 is 10.1 Å². The van der Waals surface area contributed by atoms with Gasteiger partial charge in [0.2, 0.25) is 0 Å². The van der Waals surface area contributed by atoms with Crippen LogP contribution in [0.25, 0.3) is 0 Å². The number of hydrogen-bond donors (Lipinski definition) is 1. The lowest BCUT2D eigenvalue weighted by Gasteiger charge is -2.20. The Morgan fingerprint density at radius 2 is 1.95 bits per heavy atom. The maximum atomic E-state index is 5.27. The third kappa shape index (κ3) is 6.11. The molecule has 1 N–H and O–H groups in total. The predicted octanol–water partition coefficient (Wildman–Crippen LogP) is 4.70. The molecular formula is C17H29NO.